The Bertz CT molecular complexity index is 1220. The van der Waals surface area contributed by atoms with Gasteiger partial charge in [-0.05, 0) is 55.7 Å². The second kappa shape index (κ2) is 9.43. The lowest BCUT2D eigenvalue weighted by molar-refractivity contribution is -0.123. The van der Waals surface area contributed by atoms with Gasteiger partial charge < -0.3 is 9.64 Å². The SMILES string of the molecule is Cc1ccc2nc(N3CC(C)CC(C)C3)c(/C=C3\SC(=S)N(CC4CCCO4)C3=O)c(=O)n2c1. The topological polar surface area (TPSA) is 67.2 Å². The molecule has 9 heteroatoms. The summed E-state index contributed by atoms with van der Waals surface area (Å²) in [5, 5.41) is 0. The molecular formula is C25H30N4O3S2. The smallest absolute Gasteiger partial charge is 0.267 e. The van der Waals surface area contributed by atoms with Crippen LogP contribution < -0.4 is 10.5 Å². The highest BCUT2D eigenvalue weighted by Crippen LogP contribution is 2.35. The van der Waals surface area contributed by atoms with Crippen molar-refractivity contribution in [3.63, 3.8) is 0 Å². The van der Waals surface area contributed by atoms with Crippen molar-refractivity contribution in [3.8, 4) is 0 Å². The number of nitrogens with zero attached hydrogens (tertiary/aromatic N) is 4. The number of hydrogen-bond acceptors (Lipinski definition) is 7. The molecule has 7 nitrogen and oxygen atoms in total. The summed E-state index contributed by atoms with van der Waals surface area (Å²) in [6, 6.07) is 3.84. The van der Waals surface area contributed by atoms with E-state index in [1.165, 1.54) is 11.8 Å². The minimum absolute atomic E-state index is 0.0182. The second-order valence-electron chi connectivity index (χ2n) is 9.87. The van der Waals surface area contributed by atoms with E-state index >= 15 is 0 Å². The molecule has 3 aliphatic rings. The summed E-state index contributed by atoms with van der Waals surface area (Å²) in [4.78, 5) is 36.2. The van der Waals surface area contributed by atoms with Crippen molar-refractivity contribution in [2.24, 2.45) is 11.8 Å². The third-order valence-electron chi connectivity index (χ3n) is 6.71. The first-order valence-electron chi connectivity index (χ1n) is 11.9. The lowest BCUT2D eigenvalue weighted by Crippen LogP contribution is -2.40. The van der Waals surface area contributed by atoms with Crippen LogP contribution in [0.5, 0.6) is 0 Å². The van der Waals surface area contributed by atoms with E-state index in [1.807, 2.05) is 19.1 Å². The molecule has 0 N–H and O–H groups in total. The number of rotatable bonds is 4. The van der Waals surface area contributed by atoms with E-state index in [1.54, 1.807) is 21.6 Å². The lowest BCUT2D eigenvalue weighted by Gasteiger charge is -2.36. The van der Waals surface area contributed by atoms with E-state index in [4.69, 9.17) is 21.9 Å². The number of fused-ring (bicyclic) bond motifs is 1. The van der Waals surface area contributed by atoms with Crippen molar-refractivity contribution >= 4 is 51.7 Å². The highest BCUT2D eigenvalue weighted by Gasteiger charge is 2.35. The molecule has 3 atom stereocenters. The summed E-state index contributed by atoms with van der Waals surface area (Å²) < 4.78 is 7.80. The third-order valence-corrected chi connectivity index (χ3v) is 8.09. The first-order chi connectivity index (χ1) is 16.3. The Hall–Kier alpha value is -2.23. The number of ether oxygens (including phenoxy) is 1. The molecule has 3 aliphatic heterocycles. The molecule has 1 amide bonds. The summed E-state index contributed by atoms with van der Waals surface area (Å²) in [6.45, 7) is 9.27. The van der Waals surface area contributed by atoms with Gasteiger partial charge in [0.05, 0.1) is 23.1 Å². The van der Waals surface area contributed by atoms with E-state index in [0.29, 0.717) is 44.6 Å². The van der Waals surface area contributed by atoms with Crippen molar-refractivity contribution in [3.05, 3.63) is 44.7 Å². The van der Waals surface area contributed by atoms with Crippen molar-refractivity contribution in [1.82, 2.24) is 14.3 Å². The summed E-state index contributed by atoms with van der Waals surface area (Å²) in [5.41, 5.74) is 1.86. The van der Waals surface area contributed by atoms with Crippen LogP contribution in [0, 0.1) is 18.8 Å². The minimum atomic E-state index is -0.168. The van der Waals surface area contributed by atoms with Crippen LogP contribution in [0.25, 0.3) is 11.7 Å². The van der Waals surface area contributed by atoms with E-state index in [0.717, 1.165) is 44.5 Å². The van der Waals surface area contributed by atoms with Crippen LogP contribution in [0.3, 0.4) is 0 Å². The van der Waals surface area contributed by atoms with Gasteiger partial charge in [-0.1, -0.05) is 43.9 Å². The number of pyridine rings is 1. The standard InChI is InChI=1S/C25H30N4O3S2/c1-15-6-7-21-26-22(27-11-16(2)9-17(3)12-27)19(23(30)28(21)13-15)10-20-24(31)29(25(33)34-20)14-18-5-4-8-32-18/h6-7,10,13,16-18H,4-5,8-9,11-12,14H2,1-3H3/b20-10-. The monoisotopic (exact) mass is 498 g/mol. The Balaban J connectivity index is 1.58. The summed E-state index contributed by atoms with van der Waals surface area (Å²) in [7, 11) is 0. The number of carbonyl (C=O) groups is 1. The number of piperidine rings is 1. The van der Waals surface area contributed by atoms with Crippen LogP contribution in [-0.4, -0.2) is 56.9 Å². The highest BCUT2D eigenvalue weighted by atomic mass is 32.2. The molecule has 0 aromatic carbocycles. The lowest BCUT2D eigenvalue weighted by atomic mass is 9.91. The fraction of sp³-hybridized carbons (Fsp3) is 0.520. The van der Waals surface area contributed by atoms with Gasteiger partial charge in [-0.2, -0.15) is 0 Å². The first kappa shape index (κ1) is 23.5. The maximum Gasteiger partial charge on any atom is 0.267 e. The molecule has 2 aromatic heterocycles. The molecule has 0 saturated carbocycles. The summed E-state index contributed by atoms with van der Waals surface area (Å²) in [5.74, 6) is 1.49. The van der Waals surface area contributed by atoms with Crippen molar-refractivity contribution in [2.75, 3.05) is 31.1 Å². The van der Waals surface area contributed by atoms with Crippen molar-refractivity contribution in [2.45, 2.75) is 46.1 Å². The van der Waals surface area contributed by atoms with Gasteiger partial charge in [0.25, 0.3) is 11.5 Å². The van der Waals surface area contributed by atoms with E-state index in [9.17, 15) is 9.59 Å². The molecule has 0 radical (unpaired) electrons. The molecule has 2 aromatic rings. The molecule has 5 heterocycles. The number of hydrogen-bond donors (Lipinski definition) is 0. The van der Waals surface area contributed by atoms with Gasteiger partial charge in [0.1, 0.15) is 15.8 Å². The van der Waals surface area contributed by atoms with Gasteiger partial charge in [0.2, 0.25) is 0 Å². The highest BCUT2D eigenvalue weighted by molar-refractivity contribution is 8.26. The van der Waals surface area contributed by atoms with Gasteiger partial charge in [-0.3, -0.25) is 18.9 Å². The minimum Gasteiger partial charge on any atom is -0.376 e. The fourth-order valence-corrected chi connectivity index (χ4v) is 6.49. The van der Waals surface area contributed by atoms with E-state index in [-0.39, 0.29) is 17.6 Å². The van der Waals surface area contributed by atoms with Gasteiger partial charge in [0, 0.05) is 25.9 Å². The van der Waals surface area contributed by atoms with Crippen LogP contribution in [-0.2, 0) is 9.53 Å². The van der Waals surface area contributed by atoms with Crippen molar-refractivity contribution in [1.29, 1.82) is 0 Å². The zero-order valence-electron chi connectivity index (χ0n) is 19.8. The average Bonchev–Trinajstić information content (AvgIpc) is 3.39. The summed E-state index contributed by atoms with van der Waals surface area (Å²) in [6.07, 6.45) is 6.61. The number of aromatic nitrogens is 2. The van der Waals surface area contributed by atoms with Crippen LogP contribution in [0.2, 0.25) is 0 Å². The van der Waals surface area contributed by atoms with Gasteiger partial charge in [-0.25, -0.2) is 4.98 Å². The van der Waals surface area contributed by atoms with Crippen LogP contribution in [0.15, 0.2) is 28.0 Å². The Labute approximate surface area is 209 Å². The third kappa shape index (κ3) is 4.53. The predicted molar refractivity (Wildman–Crippen MR) is 140 cm³/mol. The van der Waals surface area contributed by atoms with Gasteiger partial charge >= 0.3 is 0 Å². The predicted octanol–water partition coefficient (Wildman–Crippen LogP) is 3.87. The number of thiocarbonyl (C=S) groups is 1. The second-order valence-corrected chi connectivity index (χ2v) is 11.5. The van der Waals surface area contributed by atoms with Crippen molar-refractivity contribution < 1.29 is 9.53 Å². The quantitative estimate of drug-likeness (QED) is 0.468. The number of aryl methyl sites for hydroxylation is 1. The van der Waals surface area contributed by atoms with E-state index in [2.05, 4.69) is 18.7 Å². The molecule has 0 aliphatic carbocycles. The molecule has 180 valence electrons. The first-order valence-corrected chi connectivity index (χ1v) is 13.2. The summed E-state index contributed by atoms with van der Waals surface area (Å²) >= 11 is 6.78. The maximum absolute atomic E-state index is 13.7. The van der Waals surface area contributed by atoms with E-state index < -0.39 is 0 Å². The Morgan fingerprint density at radius 3 is 2.71 bits per heavy atom. The molecule has 0 bridgehead atoms. The number of thioether (sulfide) groups is 1. The molecule has 0 spiro atoms. The van der Waals surface area contributed by atoms with Gasteiger partial charge in [-0.15, -0.1) is 0 Å². The largest absolute Gasteiger partial charge is 0.376 e. The molecule has 3 unspecified atom stereocenters. The van der Waals surface area contributed by atoms with Gasteiger partial charge in [0.15, 0.2) is 0 Å². The maximum atomic E-state index is 13.7. The van der Waals surface area contributed by atoms with Crippen LogP contribution in [0.4, 0.5) is 5.82 Å². The average molecular weight is 499 g/mol. The Kier molecular flexibility index (Phi) is 6.52. The number of anilines is 1. The number of carbonyl (C=O) groups excluding carboxylic acids is 1. The molecule has 34 heavy (non-hydrogen) atoms. The normalized spacial score (nSPS) is 26.9. The Morgan fingerprint density at radius 1 is 1.24 bits per heavy atom. The Morgan fingerprint density at radius 2 is 2.00 bits per heavy atom. The number of amides is 1. The zero-order valence-corrected chi connectivity index (χ0v) is 21.5. The molecular weight excluding hydrogens is 468 g/mol. The van der Waals surface area contributed by atoms with Crippen LogP contribution in [0.1, 0.15) is 44.2 Å². The molecule has 3 fully saturated rings. The molecule has 5 rings (SSSR count). The van der Waals surface area contributed by atoms with Crippen LogP contribution >= 0.6 is 24.0 Å². The molecule has 3 saturated heterocycles. The fourth-order valence-electron chi connectivity index (χ4n) is 5.23. The zero-order chi connectivity index (χ0) is 24.0.